The molecule has 5 aliphatic rings. The summed E-state index contributed by atoms with van der Waals surface area (Å²) in [4.78, 5) is 45.5. The number of aliphatic hydroxyl groups is 1. The highest BCUT2D eigenvalue weighted by atomic mass is 16.6. The molecule has 1 N–H and O–H groups in total. The summed E-state index contributed by atoms with van der Waals surface area (Å²) in [5.41, 5.74) is -1.17. The third-order valence-corrected chi connectivity index (χ3v) is 8.95. The molecule has 1 aliphatic carbocycles. The van der Waals surface area contributed by atoms with Gasteiger partial charge in [-0.3, -0.25) is 14.4 Å². The summed E-state index contributed by atoms with van der Waals surface area (Å²) in [6, 6.07) is -0.601. The largest absolute Gasteiger partial charge is 0.465 e. The highest BCUT2D eigenvalue weighted by Crippen LogP contribution is 2.53. The number of ether oxygens (including phenoxy) is 2. The van der Waals surface area contributed by atoms with E-state index in [1.54, 1.807) is 4.90 Å². The molecule has 1 saturated carbocycles. The van der Waals surface area contributed by atoms with Gasteiger partial charge in [-0.25, -0.2) is 0 Å². The zero-order valence-electron chi connectivity index (χ0n) is 21.9. The fraction of sp³-hybridized carbons (Fsp3) is 0.759. The van der Waals surface area contributed by atoms with E-state index in [9.17, 15) is 14.4 Å². The van der Waals surface area contributed by atoms with Crippen molar-refractivity contribution in [1.82, 2.24) is 9.80 Å². The summed E-state index contributed by atoms with van der Waals surface area (Å²) >= 11 is 0. The average Bonchev–Trinajstić information content (AvgIpc) is 3.29. The van der Waals surface area contributed by atoms with E-state index in [2.05, 4.69) is 0 Å². The molecular weight excluding hydrogens is 472 g/mol. The molecule has 1 unspecified atom stereocenters. The van der Waals surface area contributed by atoms with E-state index in [1.165, 1.54) is 6.42 Å². The molecule has 2 amide bonds. The monoisotopic (exact) mass is 514 g/mol. The standard InChI is InChI=1S/C29H42N2O6/c32-19-10-3-2-9-17-31-25-27(34)30(21-13-6-5-7-14-21)18-12-16-29(25)24(26(31)33)23-22(37-29)15-8-1-4-11-20-36-28(23)35/h8,12,15-16,21-25,32H,1-7,9-11,13-14,17-20H2/b15-8-/t22-,23+,24+,25?,29+/m1/s1. The Morgan fingerprint density at radius 3 is 2.57 bits per heavy atom. The minimum Gasteiger partial charge on any atom is -0.465 e. The number of fused-ring (bicyclic) bond motifs is 2. The van der Waals surface area contributed by atoms with Gasteiger partial charge in [0.15, 0.2) is 0 Å². The smallest absolute Gasteiger partial charge is 0.312 e. The molecule has 0 bridgehead atoms. The number of cyclic esters (lactones) is 1. The van der Waals surface area contributed by atoms with Crippen LogP contribution in [0.25, 0.3) is 0 Å². The first-order chi connectivity index (χ1) is 18.1. The number of esters is 1. The molecule has 4 aliphatic heterocycles. The molecule has 0 aromatic rings. The van der Waals surface area contributed by atoms with Crippen LogP contribution in [-0.2, 0) is 23.9 Å². The first-order valence-electron chi connectivity index (χ1n) is 14.5. The molecule has 204 valence electrons. The Labute approximate surface area is 220 Å². The Bertz CT molecular complexity index is 912. The van der Waals surface area contributed by atoms with Crippen molar-refractivity contribution >= 4 is 17.8 Å². The summed E-state index contributed by atoms with van der Waals surface area (Å²) in [5.74, 6) is -2.16. The summed E-state index contributed by atoms with van der Waals surface area (Å²) in [6.07, 6.45) is 18.5. The number of carbonyl (C=O) groups is 3. The van der Waals surface area contributed by atoms with E-state index in [4.69, 9.17) is 14.6 Å². The lowest BCUT2D eigenvalue weighted by atomic mass is 9.77. The van der Waals surface area contributed by atoms with Crippen LogP contribution >= 0.6 is 0 Å². The third-order valence-electron chi connectivity index (χ3n) is 8.95. The predicted octanol–water partition coefficient (Wildman–Crippen LogP) is 3.13. The van der Waals surface area contributed by atoms with Crippen molar-refractivity contribution in [2.24, 2.45) is 11.8 Å². The van der Waals surface area contributed by atoms with Gasteiger partial charge >= 0.3 is 5.97 Å². The number of nitrogens with zero attached hydrogens (tertiary/aromatic N) is 2. The first kappa shape index (κ1) is 26.4. The number of unbranched alkanes of at least 4 members (excludes halogenated alkanes) is 3. The molecule has 2 saturated heterocycles. The van der Waals surface area contributed by atoms with Crippen LogP contribution < -0.4 is 0 Å². The minimum atomic E-state index is -1.17. The van der Waals surface area contributed by atoms with Crippen LogP contribution in [-0.4, -0.2) is 82.8 Å². The summed E-state index contributed by atoms with van der Waals surface area (Å²) in [7, 11) is 0. The van der Waals surface area contributed by atoms with Crippen molar-refractivity contribution in [3.8, 4) is 0 Å². The normalized spacial score (nSPS) is 35.5. The molecule has 3 fully saturated rings. The Morgan fingerprint density at radius 2 is 1.76 bits per heavy atom. The highest BCUT2D eigenvalue weighted by molar-refractivity contribution is 5.99. The number of allylic oxidation sites excluding steroid dienone is 1. The molecule has 5 rings (SSSR count). The maximum atomic E-state index is 14.3. The van der Waals surface area contributed by atoms with Gasteiger partial charge in [-0.2, -0.15) is 0 Å². The summed E-state index contributed by atoms with van der Waals surface area (Å²) in [5, 5.41) is 9.13. The van der Waals surface area contributed by atoms with Gasteiger partial charge in [-0.1, -0.05) is 56.4 Å². The molecule has 1 spiro atoms. The molecular formula is C29H42N2O6. The van der Waals surface area contributed by atoms with Gasteiger partial charge in [-0.05, 0) is 44.9 Å². The van der Waals surface area contributed by atoms with Gasteiger partial charge in [0.05, 0.1) is 18.6 Å². The molecule has 0 aromatic carbocycles. The van der Waals surface area contributed by atoms with Crippen molar-refractivity contribution in [1.29, 1.82) is 0 Å². The van der Waals surface area contributed by atoms with Crippen molar-refractivity contribution < 1.29 is 29.0 Å². The van der Waals surface area contributed by atoms with Crippen molar-refractivity contribution in [2.75, 3.05) is 26.3 Å². The van der Waals surface area contributed by atoms with Crippen LogP contribution in [0.4, 0.5) is 0 Å². The zero-order chi connectivity index (χ0) is 25.8. The number of carbonyl (C=O) groups excluding carboxylic acids is 3. The van der Waals surface area contributed by atoms with Crippen LogP contribution in [0.5, 0.6) is 0 Å². The minimum absolute atomic E-state index is 0.0517. The Morgan fingerprint density at radius 1 is 0.946 bits per heavy atom. The van der Waals surface area contributed by atoms with Crippen LogP contribution in [0.2, 0.25) is 0 Å². The van der Waals surface area contributed by atoms with Crippen molar-refractivity contribution in [2.45, 2.75) is 101 Å². The second-order valence-corrected chi connectivity index (χ2v) is 11.3. The Kier molecular flexibility index (Phi) is 8.34. The molecule has 0 radical (unpaired) electrons. The Hall–Kier alpha value is -2.19. The van der Waals surface area contributed by atoms with Crippen LogP contribution in [0.1, 0.15) is 77.0 Å². The first-order valence-corrected chi connectivity index (χ1v) is 14.5. The average molecular weight is 515 g/mol. The quantitative estimate of drug-likeness (QED) is 0.319. The third kappa shape index (κ3) is 4.99. The van der Waals surface area contributed by atoms with E-state index in [0.29, 0.717) is 19.7 Å². The SMILES string of the molecule is O=C1OCCCC/C=C\[C@H]2O[C@]34C=CCN(C5CCCCC5)C(=O)C3N(CCCCCCO)C(=O)[C@@H]4[C@@H]12. The molecule has 0 aromatic heterocycles. The van der Waals surface area contributed by atoms with Crippen molar-refractivity contribution in [3.05, 3.63) is 24.3 Å². The summed E-state index contributed by atoms with van der Waals surface area (Å²) < 4.78 is 12.3. The number of hydrogen-bond acceptors (Lipinski definition) is 6. The molecule has 4 heterocycles. The van der Waals surface area contributed by atoms with Gasteiger partial charge in [0, 0.05) is 25.7 Å². The highest BCUT2D eigenvalue weighted by Gasteiger charge is 2.71. The van der Waals surface area contributed by atoms with Crippen LogP contribution in [0, 0.1) is 11.8 Å². The topological polar surface area (TPSA) is 96.4 Å². The zero-order valence-corrected chi connectivity index (χ0v) is 21.9. The van der Waals surface area contributed by atoms with E-state index in [0.717, 1.165) is 70.6 Å². The predicted molar refractivity (Wildman–Crippen MR) is 137 cm³/mol. The second-order valence-electron chi connectivity index (χ2n) is 11.3. The fourth-order valence-corrected chi connectivity index (χ4v) is 7.14. The van der Waals surface area contributed by atoms with Gasteiger partial charge in [0.25, 0.3) is 0 Å². The maximum absolute atomic E-state index is 14.3. The van der Waals surface area contributed by atoms with E-state index in [1.807, 2.05) is 29.2 Å². The maximum Gasteiger partial charge on any atom is 0.312 e. The molecule has 37 heavy (non-hydrogen) atoms. The van der Waals surface area contributed by atoms with E-state index in [-0.39, 0.29) is 24.5 Å². The number of amides is 2. The lowest BCUT2D eigenvalue weighted by molar-refractivity contribution is -0.155. The van der Waals surface area contributed by atoms with Gasteiger partial charge in [0.1, 0.15) is 17.6 Å². The van der Waals surface area contributed by atoms with Crippen molar-refractivity contribution in [3.63, 3.8) is 0 Å². The number of aliphatic hydroxyl groups excluding tert-OH is 1. The molecule has 8 nitrogen and oxygen atoms in total. The number of rotatable bonds is 7. The number of likely N-dealkylation sites (tertiary alicyclic amines) is 1. The number of hydrogen-bond donors (Lipinski definition) is 1. The lowest BCUT2D eigenvalue weighted by Crippen LogP contribution is -2.57. The van der Waals surface area contributed by atoms with E-state index < -0.39 is 35.6 Å². The van der Waals surface area contributed by atoms with E-state index >= 15 is 0 Å². The fourth-order valence-electron chi connectivity index (χ4n) is 7.14. The Balaban J connectivity index is 1.49. The summed E-state index contributed by atoms with van der Waals surface area (Å²) in [6.45, 7) is 1.44. The van der Waals surface area contributed by atoms with Gasteiger partial charge < -0.3 is 24.4 Å². The van der Waals surface area contributed by atoms with Gasteiger partial charge in [-0.15, -0.1) is 0 Å². The van der Waals surface area contributed by atoms with Gasteiger partial charge in [0.2, 0.25) is 11.8 Å². The molecule has 5 atom stereocenters. The lowest BCUT2D eigenvalue weighted by Gasteiger charge is -2.39. The second kappa shape index (κ2) is 11.7. The molecule has 8 heteroatoms. The van der Waals surface area contributed by atoms with Crippen LogP contribution in [0.3, 0.4) is 0 Å². The van der Waals surface area contributed by atoms with Crippen LogP contribution in [0.15, 0.2) is 24.3 Å².